The van der Waals surface area contributed by atoms with Crippen molar-refractivity contribution in [3.63, 3.8) is 0 Å². The average Bonchev–Trinajstić information content (AvgIpc) is 2.69. The molecule has 0 heterocycles. The molecule has 5 nitrogen and oxygen atoms in total. The largest absolute Gasteiger partial charge is 0.395 e. The van der Waals surface area contributed by atoms with Crippen molar-refractivity contribution >= 4 is 10.0 Å². The summed E-state index contributed by atoms with van der Waals surface area (Å²) in [7, 11) is -3.51. The van der Waals surface area contributed by atoms with E-state index in [1.807, 2.05) is 6.92 Å². The van der Waals surface area contributed by atoms with E-state index in [1.54, 1.807) is 0 Å². The molecule has 0 saturated heterocycles. The van der Waals surface area contributed by atoms with Gasteiger partial charge >= 0.3 is 0 Å². The lowest BCUT2D eigenvalue weighted by Gasteiger charge is -2.40. The summed E-state index contributed by atoms with van der Waals surface area (Å²) < 4.78 is 27.4. The molecule has 118 valence electrons. The minimum Gasteiger partial charge on any atom is -0.395 e. The first-order valence-electron chi connectivity index (χ1n) is 7.47. The molecular weight excluding hydrogens is 278 g/mol. The molecule has 0 aromatic rings. The molecule has 2 bridgehead atoms. The van der Waals surface area contributed by atoms with Crippen LogP contribution in [0.1, 0.15) is 46.5 Å². The maximum absolute atomic E-state index is 12.4. The Labute approximate surface area is 121 Å². The number of nitrogens with one attached hydrogen (secondary N) is 1. The van der Waals surface area contributed by atoms with Gasteiger partial charge in [0.05, 0.1) is 18.5 Å². The van der Waals surface area contributed by atoms with Gasteiger partial charge in [-0.2, -0.15) is 0 Å². The van der Waals surface area contributed by atoms with E-state index in [0.29, 0.717) is 18.8 Å². The molecule has 20 heavy (non-hydrogen) atoms. The summed E-state index contributed by atoms with van der Waals surface area (Å²) in [6.45, 7) is 5.80. The second kappa shape index (κ2) is 5.23. The van der Waals surface area contributed by atoms with Gasteiger partial charge in [0.1, 0.15) is 0 Å². The Morgan fingerprint density at radius 3 is 2.45 bits per heavy atom. The van der Waals surface area contributed by atoms with E-state index in [1.165, 1.54) is 0 Å². The molecule has 0 aliphatic heterocycles. The molecule has 2 aliphatic rings. The number of fused-ring (bicyclic) bond motifs is 2. The number of hydrogen-bond acceptors (Lipinski definition) is 4. The van der Waals surface area contributed by atoms with E-state index < -0.39 is 27.6 Å². The molecular formula is C14H27NO4S. The molecule has 6 heteroatoms. The Morgan fingerprint density at radius 2 is 2.05 bits per heavy atom. The van der Waals surface area contributed by atoms with Gasteiger partial charge in [-0.15, -0.1) is 0 Å². The van der Waals surface area contributed by atoms with Crippen LogP contribution in [-0.2, 0) is 10.0 Å². The second-order valence-electron chi connectivity index (χ2n) is 7.03. The fourth-order valence-corrected chi connectivity index (χ4v) is 6.48. The zero-order valence-corrected chi connectivity index (χ0v) is 13.4. The number of aliphatic hydroxyl groups excluding tert-OH is 2. The number of rotatable bonds is 6. The highest BCUT2D eigenvalue weighted by atomic mass is 32.2. The highest BCUT2D eigenvalue weighted by Crippen LogP contribution is 2.65. The lowest BCUT2D eigenvalue weighted by atomic mass is 9.70. The van der Waals surface area contributed by atoms with Crippen LogP contribution in [0.5, 0.6) is 0 Å². The van der Waals surface area contributed by atoms with E-state index in [-0.39, 0.29) is 17.8 Å². The molecule has 0 spiro atoms. The minimum atomic E-state index is -3.51. The summed E-state index contributed by atoms with van der Waals surface area (Å²) in [5.74, 6) is 0.369. The van der Waals surface area contributed by atoms with Gasteiger partial charge in [0.15, 0.2) is 0 Å². The molecule has 3 N–H and O–H groups in total. The summed E-state index contributed by atoms with van der Waals surface area (Å²) in [6, 6.07) is -0.435. The van der Waals surface area contributed by atoms with Crippen molar-refractivity contribution in [1.29, 1.82) is 0 Å². The van der Waals surface area contributed by atoms with Gasteiger partial charge in [-0.1, -0.05) is 20.8 Å². The molecule has 0 unspecified atom stereocenters. The summed E-state index contributed by atoms with van der Waals surface area (Å²) in [6.07, 6.45) is 2.48. The number of sulfonamides is 1. The molecule has 0 amide bonds. The Balaban J connectivity index is 2.20. The fourth-order valence-electron chi connectivity index (χ4n) is 4.26. The fraction of sp³-hybridized carbons (Fsp3) is 1.00. The van der Waals surface area contributed by atoms with Crippen molar-refractivity contribution < 1.29 is 18.6 Å². The maximum Gasteiger partial charge on any atom is 0.212 e. The van der Waals surface area contributed by atoms with Crippen LogP contribution in [0.3, 0.4) is 0 Å². The van der Waals surface area contributed by atoms with Crippen molar-refractivity contribution in [3.8, 4) is 0 Å². The first-order chi connectivity index (χ1) is 9.18. The van der Waals surface area contributed by atoms with Crippen LogP contribution in [0.25, 0.3) is 0 Å². The molecule has 2 fully saturated rings. The third-order valence-electron chi connectivity index (χ3n) is 5.90. The predicted molar refractivity (Wildman–Crippen MR) is 77.6 cm³/mol. The Morgan fingerprint density at radius 1 is 1.40 bits per heavy atom. The van der Waals surface area contributed by atoms with Crippen LogP contribution >= 0.6 is 0 Å². The average molecular weight is 305 g/mol. The quantitative estimate of drug-likeness (QED) is 0.679. The van der Waals surface area contributed by atoms with Crippen LogP contribution in [0.2, 0.25) is 0 Å². The van der Waals surface area contributed by atoms with Gasteiger partial charge in [-0.05, 0) is 37.0 Å². The monoisotopic (exact) mass is 305 g/mol. The third kappa shape index (κ3) is 2.40. The van der Waals surface area contributed by atoms with Crippen LogP contribution < -0.4 is 4.72 Å². The smallest absolute Gasteiger partial charge is 0.212 e. The Hall–Kier alpha value is -0.170. The highest BCUT2D eigenvalue weighted by molar-refractivity contribution is 7.89. The third-order valence-corrected chi connectivity index (χ3v) is 7.48. The van der Waals surface area contributed by atoms with Crippen molar-refractivity contribution in [2.24, 2.45) is 16.7 Å². The molecule has 0 radical (unpaired) electrons. The van der Waals surface area contributed by atoms with Gasteiger partial charge < -0.3 is 10.2 Å². The van der Waals surface area contributed by atoms with Crippen LogP contribution in [0, 0.1) is 16.7 Å². The number of aliphatic hydroxyl groups is 2. The van der Waals surface area contributed by atoms with E-state index in [2.05, 4.69) is 18.6 Å². The summed E-state index contributed by atoms with van der Waals surface area (Å²) in [4.78, 5) is 0. The molecule has 0 aromatic carbocycles. The Bertz CT molecular complexity index is 458. The molecule has 2 rings (SSSR count). The Kier molecular flexibility index (Phi) is 4.24. The van der Waals surface area contributed by atoms with Crippen LogP contribution in [0.4, 0.5) is 0 Å². The van der Waals surface area contributed by atoms with E-state index >= 15 is 0 Å². The first-order valence-corrected chi connectivity index (χ1v) is 9.12. The van der Waals surface area contributed by atoms with Crippen LogP contribution in [0.15, 0.2) is 0 Å². The van der Waals surface area contributed by atoms with Gasteiger partial charge in [0.2, 0.25) is 10.0 Å². The van der Waals surface area contributed by atoms with E-state index in [4.69, 9.17) is 5.11 Å². The number of hydrogen-bond donors (Lipinski definition) is 3. The zero-order valence-electron chi connectivity index (χ0n) is 12.6. The normalized spacial score (nSPS) is 37.2. The molecule has 0 aromatic heterocycles. The van der Waals surface area contributed by atoms with Crippen molar-refractivity contribution in [2.45, 2.75) is 58.6 Å². The van der Waals surface area contributed by atoms with Gasteiger partial charge in [0, 0.05) is 11.5 Å². The summed E-state index contributed by atoms with van der Waals surface area (Å²) in [5, 5.41) is 19.5. The van der Waals surface area contributed by atoms with E-state index in [9.17, 15) is 13.5 Å². The molecule has 2 aliphatic carbocycles. The second-order valence-corrected chi connectivity index (χ2v) is 8.78. The maximum atomic E-state index is 12.4. The van der Waals surface area contributed by atoms with Gasteiger partial charge in [-0.3, -0.25) is 0 Å². The van der Waals surface area contributed by atoms with Crippen molar-refractivity contribution in [1.82, 2.24) is 4.72 Å². The SMILES string of the molecule is CC[C@H](CO)NS(=O)(=O)C[C@]12CC[C@H](C[C@H]1O)C2(C)C. The highest BCUT2D eigenvalue weighted by Gasteiger charge is 2.64. The minimum absolute atomic E-state index is 0.0405. The lowest BCUT2D eigenvalue weighted by molar-refractivity contribution is 0.0151. The first kappa shape index (κ1) is 16.2. The van der Waals surface area contributed by atoms with Crippen LogP contribution in [-0.4, -0.2) is 43.1 Å². The van der Waals surface area contributed by atoms with Crippen molar-refractivity contribution in [3.05, 3.63) is 0 Å². The predicted octanol–water partition coefficient (Wildman–Crippen LogP) is 0.864. The molecule has 2 saturated carbocycles. The lowest BCUT2D eigenvalue weighted by Crippen LogP contribution is -2.49. The van der Waals surface area contributed by atoms with Gasteiger partial charge in [0.25, 0.3) is 0 Å². The summed E-state index contributed by atoms with van der Waals surface area (Å²) in [5.41, 5.74) is -0.695. The topological polar surface area (TPSA) is 86.6 Å². The van der Waals surface area contributed by atoms with Gasteiger partial charge in [-0.25, -0.2) is 13.1 Å². The van der Waals surface area contributed by atoms with E-state index in [0.717, 1.165) is 12.8 Å². The zero-order chi connectivity index (χ0) is 15.2. The van der Waals surface area contributed by atoms with Crippen molar-refractivity contribution in [2.75, 3.05) is 12.4 Å². The molecule has 4 atom stereocenters. The standard InChI is InChI=1S/C14H27NO4S/c1-4-11(8-16)15-20(18,19)9-14-6-5-10(7-12(14)17)13(14,2)3/h10-12,15-17H,4-9H2,1-3H3/t10-,11-,12-,14-/m1/s1. The summed E-state index contributed by atoms with van der Waals surface area (Å²) >= 11 is 0.